The van der Waals surface area contributed by atoms with Crippen molar-refractivity contribution in [2.75, 3.05) is 13.2 Å². The number of amides is 1. The predicted molar refractivity (Wildman–Crippen MR) is 343 cm³/mol. The van der Waals surface area contributed by atoms with Crippen molar-refractivity contribution in [1.82, 2.24) is 5.32 Å². The van der Waals surface area contributed by atoms with Crippen LogP contribution in [0, 0.1) is 0 Å². The first-order chi connectivity index (χ1) is 38.5. The monoisotopic (exact) mass is 1100 g/mol. The fraction of sp³-hybridized carbons (Fsp3) is 0.889. The molecule has 0 rings (SSSR count). The third-order valence-electron chi connectivity index (χ3n) is 16.4. The molecule has 0 saturated heterocycles. The quantitative estimate of drug-likeness (QED) is 0.0320. The van der Waals surface area contributed by atoms with Crippen LogP contribution < -0.4 is 5.32 Å². The maximum atomic E-state index is 12.5. The molecule has 0 aromatic carbocycles. The fourth-order valence-corrected chi connectivity index (χ4v) is 11.0. The lowest BCUT2D eigenvalue weighted by molar-refractivity contribution is -0.143. The highest BCUT2D eigenvalue weighted by atomic mass is 16.5. The Morgan fingerprint density at radius 3 is 1.00 bits per heavy atom. The summed E-state index contributed by atoms with van der Waals surface area (Å²) in [6, 6.07) is -0.544. The van der Waals surface area contributed by atoms with E-state index in [1.807, 2.05) is 0 Å². The molecule has 0 aliphatic carbocycles. The lowest BCUT2D eigenvalue weighted by atomic mass is 10.0. The Balaban J connectivity index is 3.39. The lowest BCUT2D eigenvalue weighted by Gasteiger charge is -2.22. The number of carbonyl (C=O) groups excluding carboxylic acids is 2. The second-order valence-corrected chi connectivity index (χ2v) is 24.2. The van der Waals surface area contributed by atoms with E-state index in [9.17, 15) is 19.8 Å². The van der Waals surface area contributed by atoms with Gasteiger partial charge in [0.2, 0.25) is 5.91 Å². The molecule has 0 aliphatic rings. The van der Waals surface area contributed by atoms with Crippen LogP contribution in [-0.2, 0) is 14.3 Å². The maximum Gasteiger partial charge on any atom is 0.305 e. The molecule has 0 radical (unpaired) electrons. The number of esters is 1. The number of aliphatic hydroxyl groups excluding tert-OH is 2. The third-order valence-corrected chi connectivity index (χ3v) is 16.4. The Hall–Kier alpha value is -1.92. The van der Waals surface area contributed by atoms with E-state index in [0.29, 0.717) is 25.9 Å². The standard InChI is InChI=1S/C72H137NO5/c1-3-5-7-9-11-13-15-17-19-21-30-33-36-40-44-48-52-56-60-64-70(75)69(68-74)73-71(76)65-61-57-53-49-45-41-37-34-31-28-26-24-22-23-25-27-29-32-35-39-43-47-51-55-59-63-67-78-72(77)66-62-58-54-50-46-42-38-20-18-16-14-12-10-8-6-4-2/h14,16,20,22,24,38,69-70,74-75H,3-13,15,17-19,21,23,25-37,39-68H2,1-2H3,(H,73,76)/b16-14-,24-22-,38-20-. The van der Waals surface area contributed by atoms with E-state index in [1.165, 1.54) is 302 Å². The van der Waals surface area contributed by atoms with Crippen LogP contribution in [0.1, 0.15) is 386 Å². The molecule has 1 amide bonds. The second kappa shape index (κ2) is 67.6. The number of hydrogen-bond acceptors (Lipinski definition) is 5. The number of allylic oxidation sites excluding steroid dienone is 6. The number of unbranched alkanes of at least 4 members (excludes halogenated alkanes) is 49. The molecule has 6 nitrogen and oxygen atoms in total. The molecule has 0 saturated carbocycles. The Morgan fingerprint density at radius 2 is 0.641 bits per heavy atom. The van der Waals surface area contributed by atoms with Crippen molar-refractivity contribution in [2.24, 2.45) is 0 Å². The number of hydrogen-bond donors (Lipinski definition) is 3. The Kier molecular flexibility index (Phi) is 65.9. The van der Waals surface area contributed by atoms with Gasteiger partial charge in [-0.05, 0) is 83.5 Å². The molecule has 0 bridgehead atoms. The van der Waals surface area contributed by atoms with Crippen molar-refractivity contribution in [2.45, 2.75) is 398 Å². The first-order valence-electron chi connectivity index (χ1n) is 35.2. The normalized spacial score (nSPS) is 12.7. The SMILES string of the molecule is CCCCCC/C=C\C/C=C\CCCCCCCC(=O)OCCCCCCCCCCCCCC/C=C\CCCCCCCCCCCCC(=O)NC(CO)C(O)CCCCCCCCCCCCCCCCCCCCC. The van der Waals surface area contributed by atoms with Gasteiger partial charge < -0.3 is 20.3 Å². The van der Waals surface area contributed by atoms with Gasteiger partial charge in [-0.2, -0.15) is 0 Å². The zero-order valence-electron chi connectivity index (χ0n) is 52.7. The van der Waals surface area contributed by atoms with Gasteiger partial charge in [-0.25, -0.2) is 0 Å². The summed E-state index contributed by atoms with van der Waals surface area (Å²) < 4.78 is 5.49. The van der Waals surface area contributed by atoms with Crippen LogP contribution in [0.3, 0.4) is 0 Å². The van der Waals surface area contributed by atoms with Crippen molar-refractivity contribution in [1.29, 1.82) is 0 Å². The number of ether oxygens (including phenoxy) is 1. The molecular formula is C72H137NO5. The van der Waals surface area contributed by atoms with Gasteiger partial charge in [-0.1, -0.05) is 326 Å². The van der Waals surface area contributed by atoms with Gasteiger partial charge in [0.25, 0.3) is 0 Å². The summed E-state index contributed by atoms with van der Waals surface area (Å²) in [5, 5.41) is 23.4. The Bertz CT molecular complexity index is 1260. The zero-order valence-corrected chi connectivity index (χ0v) is 52.7. The van der Waals surface area contributed by atoms with E-state index < -0.39 is 12.1 Å². The number of aliphatic hydroxyl groups is 2. The van der Waals surface area contributed by atoms with Crippen LogP contribution in [0.5, 0.6) is 0 Å². The van der Waals surface area contributed by atoms with E-state index in [2.05, 4.69) is 55.6 Å². The van der Waals surface area contributed by atoms with E-state index in [0.717, 1.165) is 51.4 Å². The summed E-state index contributed by atoms with van der Waals surface area (Å²) in [7, 11) is 0. The number of nitrogens with one attached hydrogen (secondary N) is 1. The predicted octanol–water partition coefficient (Wildman–Crippen LogP) is 22.7. The summed E-state index contributed by atoms with van der Waals surface area (Å²) >= 11 is 0. The molecule has 0 spiro atoms. The van der Waals surface area contributed by atoms with Crippen LogP contribution in [0.4, 0.5) is 0 Å². The molecule has 3 N–H and O–H groups in total. The molecule has 0 aromatic rings. The van der Waals surface area contributed by atoms with Crippen LogP contribution in [0.2, 0.25) is 0 Å². The van der Waals surface area contributed by atoms with Crippen molar-refractivity contribution < 1.29 is 24.5 Å². The largest absolute Gasteiger partial charge is 0.466 e. The molecule has 460 valence electrons. The molecule has 6 heteroatoms. The van der Waals surface area contributed by atoms with Gasteiger partial charge in [0.1, 0.15) is 0 Å². The van der Waals surface area contributed by atoms with Gasteiger partial charge in [-0.3, -0.25) is 9.59 Å². The molecule has 2 atom stereocenters. The van der Waals surface area contributed by atoms with E-state index in [4.69, 9.17) is 4.74 Å². The average Bonchev–Trinajstić information content (AvgIpc) is 3.44. The highest BCUT2D eigenvalue weighted by Crippen LogP contribution is 2.18. The topological polar surface area (TPSA) is 95.9 Å². The van der Waals surface area contributed by atoms with E-state index >= 15 is 0 Å². The Labute approximate surface area is 487 Å². The first kappa shape index (κ1) is 76.1. The summed E-state index contributed by atoms with van der Waals surface area (Å²) in [6.07, 6.45) is 86.1. The van der Waals surface area contributed by atoms with Gasteiger partial charge in [0, 0.05) is 12.8 Å². The van der Waals surface area contributed by atoms with E-state index in [-0.39, 0.29) is 18.5 Å². The van der Waals surface area contributed by atoms with Crippen LogP contribution in [-0.4, -0.2) is 47.4 Å². The fourth-order valence-electron chi connectivity index (χ4n) is 11.0. The number of rotatable bonds is 66. The first-order valence-corrected chi connectivity index (χ1v) is 35.2. The van der Waals surface area contributed by atoms with Gasteiger partial charge in [0.15, 0.2) is 0 Å². The summed E-state index contributed by atoms with van der Waals surface area (Å²) in [6.45, 7) is 4.96. The van der Waals surface area contributed by atoms with Crippen molar-refractivity contribution in [3.8, 4) is 0 Å². The molecule has 0 heterocycles. The smallest absolute Gasteiger partial charge is 0.305 e. The number of carbonyl (C=O) groups is 2. The highest BCUT2D eigenvalue weighted by molar-refractivity contribution is 5.76. The zero-order chi connectivity index (χ0) is 56.4. The van der Waals surface area contributed by atoms with Crippen molar-refractivity contribution >= 4 is 11.9 Å². The van der Waals surface area contributed by atoms with Crippen LogP contribution >= 0.6 is 0 Å². The Morgan fingerprint density at radius 1 is 0.359 bits per heavy atom. The minimum absolute atomic E-state index is 0.00134. The third kappa shape index (κ3) is 63.3. The van der Waals surface area contributed by atoms with Crippen molar-refractivity contribution in [3.63, 3.8) is 0 Å². The van der Waals surface area contributed by atoms with Gasteiger partial charge >= 0.3 is 5.97 Å². The molecular weight excluding hydrogens is 959 g/mol. The molecule has 0 fully saturated rings. The van der Waals surface area contributed by atoms with Gasteiger partial charge in [0.05, 0.1) is 25.4 Å². The van der Waals surface area contributed by atoms with Crippen LogP contribution in [0.25, 0.3) is 0 Å². The molecule has 2 unspecified atom stereocenters. The average molecular weight is 1100 g/mol. The van der Waals surface area contributed by atoms with Gasteiger partial charge in [-0.15, -0.1) is 0 Å². The molecule has 78 heavy (non-hydrogen) atoms. The van der Waals surface area contributed by atoms with Crippen molar-refractivity contribution in [3.05, 3.63) is 36.5 Å². The second-order valence-electron chi connectivity index (χ2n) is 24.2. The molecule has 0 aliphatic heterocycles. The van der Waals surface area contributed by atoms with Crippen LogP contribution in [0.15, 0.2) is 36.5 Å². The minimum atomic E-state index is -0.667. The van der Waals surface area contributed by atoms with E-state index in [1.54, 1.807) is 0 Å². The summed E-state index contributed by atoms with van der Waals surface area (Å²) in [4.78, 5) is 24.6. The summed E-state index contributed by atoms with van der Waals surface area (Å²) in [5.74, 6) is -0.0321. The molecule has 0 aromatic heterocycles. The highest BCUT2D eigenvalue weighted by Gasteiger charge is 2.20. The minimum Gasteiger partial charge on any atom is -0.466 e. The lowest BCUT2D eigenvalue weighted by Crippen LogP contribution is -2.45. The summed E-state index contributed by atoms with van der Waals surface area (Å²) in [5.41, 5.74) is 0. The maximum absolute atomic E-state index is 12.5.